The molecule has 0 saturated carbocycles. The molecule has 2 fully saturated rings. The number of methoxy groups -OCH3 is 2. The molecule has 12 heteroatoms. The van der Waals surface area contributed by atoms with Gasteiger partial charge >= 0.3 is 23.9 Å². The summed E-state index contributed by atoms with van der Waals surface area (Å²) >= 11 is 2.99. The maximum atomic E-state index is 11.6. The van der Waals surface area contributed by atoms with E-state index in [4.69, 9.17) is 9.47 Å². The summed E-state index contributed by atoms with van der Waals surface area (Å²) in [5, 5.41) is 3.35. The second kappa shape index (κ2) is 17.9. The number of likely N-dealkylation sites (tertiary alicyclic amines) is 1. The van der Waals surface area contributed by atoms with E-state index in [2.05, 4.69) is 30.7 Å². The average molecular weight is 604 g/mol. The van der Waals surface area contributed by atoms with Crippen molar-refractivity contribution in [2.45, 2.75) is 65.6 Å². The van der Waals surface area contributed by atoms with Crippen molar-refractivity contribution in [1.82, 2.24) is 10.2 Å². The van der Waals surface area contributed by atoms with Gasteiger partial charge in [0.1, 0.15) is 16.5 Å². The van der Waals surface area contributed by atoms with E-state index in [1.54, 1.807) is 0 Å². The van der Waals surface area contributed by atoms with Crippen molar-refractivity contribution in [1.29, 1.82) is 0 Å². The summed E-state index contributed by atoms with van der Waals surface area (Å²) in [6, 6.07) is 0. The van der Waals surface area contributed by atoms with Crippen LogP contribution >= 0.6 is 28.3 Å². The molecule has 10 nitrogen and oxygen atoms in total. The Morgan fingerprint density at radius 3 is 1.75 bits per heavy atom. The van der Waals surface area contributed by atoms with Crippen LogP contribution in [-0.2, 0) is 38.1 Å². The van der Waals surface area contributed by atoms with Gasteiger partial charge in [0.05, 0.1) is 32.6 Å². The van der Waals surface area contributed by atoms with Crippen molar-refractivity contribution in [3.8, 4) is 0 Å². The number of esters is 4. The van der Waals surface area contributed by atoms with Crippen LogP contribution in [0, 0.1) is 11.8 Å². The summed E-state index contributed by atoms with van der Waals surface area (Å²) in [6.45, 7) is 14.3. The minimum atomic E-state index is -0.460. The highest BCUT2D eigenvalue weighted by atomic mass is 79.9. The van der Waals surface area contributed by atoms with Gasteiger partial charge in [-0.2, -0.15) is 0 Å². The van der Waals surface area contributed by atoms with Crippen molar-refractivity contribution < 1.29 is 38.1 Å². The smallest absolute Gasteiger partial charge is 0.320 e. The van der Waals surface area contributed by atoms with Crippen LogP contribution in [-0.4, -0.2) is 92.3 Å². The topological polar surface area (TPSA) is 120 Å². The third kappa shape index (κ3) is 17.9. The van der Waals surface area contributed by atoms with Crippen molar-refractivity contribution in [3.05, 3.63) is 0 Å². The highest BCUT2D eigenvalue weighted by Gasteiger charge is 2.31. The van der Waals surface area contributed by atoms with Crippen LogP contribution < -0.4 is 5.32 Å². The van der Waals surface area contributed by atoms with E-state index in [9.17, 15) is 19.2 Å². The Balaban J connectivity index is 0. The minimum absolute atomic E-state index is 0. The number of rotatable bonds is 5. The van der Waals surface area contributed by atoms with Gasteiger partial charge in [-0.3, -0.25) is 24.1 Å². The minimum Gasteiger partial charge on any atom is -0.469 e. The van der Waals surface area contributed by atoms with Gasteiger partial charge in [-0.1, -0.05) is 15.9 Å². The fourth-order valence-corrected chi connectivity index (χ4v) is 3.40. The number of carbonyl (C=O) groups excluding carboxylic acids is 4. The standard InChI is InChI=1S/C12H21NO4.C6H11BrO2.C6H11NO2.ClH/c1-12(2,3)17-10(14)8-13-6-5-9(7-13)11(15)16-4;1-6(2,3)9-5(8)4-7;1-9-6(8)5-2-3-7-4-5;/h9H,5-8H2,1-4H3;4H2,1-3H3;5,7H,2-4H2,1H3;1H/t9-;;5-;/m1.1./s1. The van der Waals surface area contributed by atoms with Gasteiger partial charge in [0.25, 0.3) is 0 Å². The zero-order valence-electron chi connectivity index (χ0n) is 22.8. The molecule has 2 heterocycles. The Morgan fingerprint density at radius 2 is 1.36 bits per heavy atom. The first kappa shape index (κ1) is 36.7. The Bertz CT molecular complexity index is 689. The molecule has 2 aliphatic heterocycles. The number of nitrogens with one attached hydrogen (secondary N) is 1. The number of nitrogens with zero attached hydrogens (tertiary/aromatic N) is 1. The van der Waals surface area contributed by atoms with Gasteiger partial charge in [0.2, 0.25) is 0 Å². The fourth-order valence-electron chi connectivity index (χ4n) is 3.28. The number of carbonyl (C=O) groups is 4. The molecule has 2 saturated heterocycles. The molecule has 0 radical (unpaired) electrons. The maximum absolute atomic E-state index is 11.6. The van der Waals surface area contributed by atoms with Crippen LogP contribution in [0.2, 0.25) is 0 Å². The molecule has 0 aromatic heterocycles. The largest absolute Gasteiger partial charge is 0.469 e. The first-order chi connectivity index (χ1) is 16.1. The molecule has 0 aromatic carbocycles. The van der Waals surface area contributed by atoms with E-state index < -0.39 is 5.60 Å². The van der Waals surface area contributed by atoms with E-state index in [0.29, 0.717) is 6.54 Å². The Labute approximate surface area is 230 Å². The van der Waals surface area contributed by atoms with Crippen LogP contribution in [0.4, 0.5) is 0 Å². The summed E-state index contributed by atoms with van der Waals surface area (Å²) in [4.78, 5) is 46.1. The Hall–Kier alpha value is -1.43. The molecule has 0 spiro atoms. The van der Waals surface area contributed by atoms with E-state index in [0.717, 1.165) is 32.5 Å². The first-order valence-electron chi connectivity index (χ1n) is 11.7. The van der Waals surface area contributed by atoms with E-state index in [1.165, 1.54) is 14.2 Å². The number of halogens is 2. The van der Waals surface area contributed by atoms with Crippen LogP contribution in [0.15, 0.2) is 0 Å². The number of hydrogen-bond acceptors (Lipinski definition) is 10. The fraction of sp³-hybridized carbons (Fsp3) is 0.833. The zero-order valence-corrected chi connectivity index (χ0v) is 25.2. The second-order valence-electron chi connectivity index (χ2n) is 10.3. The van der Waals surface area contributed by atoms with Gasteiger partial charge in [-0.25, -0.2) is 0 Å². The lowest BCUT2D eigenvalue weighted by atomic mass is 10.1. The van der Waals surface area contributed by atoms with Crippen molar-refractivity contribution in [2.75, 3.05) is 52.3 Å². The Kier molecular flexibility index (Phi) is 18.3. The quantitative estimate of drug-likeness (QED) is 0.285. The van der Waals surface area contributed by atoms with Crippen LogP contribution in [0.1, 0.15) is 54.4 Å². The predicted molar refractivity (Wildman–Crippen MR) is 142 cm³/mol. The van der Waals surface area contributed by atoms with Gasteiger partial charge in [0, 0.05) is 13.1 Å². The second-order valence-corrected chi connectivity index (χ2v) is 10.8. The normalized spacial score (nSPS) is 19.4. The third-order valence-electron chi connectivity index (χ3n) is 4.70. The number of ether oxygens (including phenoxy) is 4. The molecule has 0 bridgehead atoms. The van der Waals surface area contributed by atoms with Gasteiger partial charge in [0.15, 0.2) is 0 Å². The molecule has 0 aliphatic carbocycles. The highest BCUT2D eigenvalue weighted by molar-refractivity contribution is 9.09. The van der Waals surface area contributed by atoms with Crippen molar-refractivity contribution >= 4 is 52.2 Å². The molecule has 2 atom stereocenters. The number of alkyl halides is 1. The van der Waals surface area contributed by atoms with Gasteiger partial charge in [-0.05, 0) is 67.5 Å². The zero-order chi connectivity index (χ0) is 27.2. The lowest BCUT2D eigenvalue weighted by Crippen LogP contribution is -2.34. The van der Waals surface area contributed by atoms with Crippen LogP contribution in [0.5, 0.6) is 0 Å². The summed E-state index contributed by atoms with van der Waals surface area (Å²) in [5.74, 6) is -0.750. The Morgan fingerprint density at radius 1 is 0.861 bits per heavy atom. The summed E-state index contributed by atoms with van der Waals surface area (Å²) in [5.41, 5.74) is -0.816. The number of hydrogen-bond donors (Lipinski definition) is 1. The lowest BCUT2D eigenvalue weighted by molar-refractivity contribution is -0.156. The van der Waals surface area contributed by atoms with Crippen LogP contribution in [0.3, 0.4) is 0 Å². The molecule has 0 amide bonds. The molecule has 212 valence electrons. The monoisotopic (exact) mass is 602 g/mol. The molecular weight excluding hydrogens is 560 g/mol. The average Bonchev–Trinajstić information content (AvgIpc) is 3.43. The molecule has 2 rings (SSSR count). The summed E-state index contributed by atoms with van der Waals surface area (Å²) in [6.07, 6.45) is 1.67. The van der Waals surface area contributed by atoms with E-state index in [-0.39, 0.29) is 65.6 Å². The van der Waals surface area contributed by atoms with Crippen LogP contribution in [0.25, 0.3) is 0 Å². The third-order valence-corrected chi connectivity index (χ3v) is 5.16. The highest BCUT2D eigenvalue weighted by Crippen LogP contribution is 2.18. The van der Waals surface area contributed by atoms with E-state index >= 15 is 0 Å². The molecule has 1 N–H and O–H groups in total. The molecule has 0 aromatic rings. The molecule has 2 aliphatic rings. The maximum Gasteiger partial charge on any atom is 0.320 e. The summed E-state index contributed by atoms with van der Waals surface area (Å²) < 4.78 is 19.4. The van der Waals surface area contributed by atoms with Gasteiger partial charge in [-0.15, -0.1) is 12.4 Å². The SMILES string of the molecule is CC(C)(C)OC(=O)CBr.COC(=O)[C@@H]1CCN(CC(=O)OC(C)(C)C)C1.COC(=O)[C@@H]1CCNC1.Cl. The van der Waals surface area contributed by atoms with E-state index in [1.807, 2.05) is 46.4 Å². The summed E-state index contributed by atoms with van der Waals surface area (Å²) in [7, 11) is 2.82. The van der Waals surface area contributed by atoms with Gasteiger partial charge < -0.3 is 24.3 Å². The predicted octanol–water partition coefficient (Wildman–Crippen LogP) is 2.74. The molecular formula is C24H44BrClN2O8. The first-order valence-corrected chi connectivity index (χ1v) is 12.8. The van der Waals surface area contributed by atoms with Crippen molar-refractivity contribution in [2.24, 2.45) is 11.8 Å². The molecule has 0 unspecified atom stereocenters. The molecule has 36 heavy (non-hydrogen) atoms. The van der Waals surface area contributed by atoms with Crippen molar-refractivity contribution in [3.63, 3.8) is 0 Å². The lowest BCUT2D eigenvalue weighted by Gasteiger charge is -2.22.